The number of H-pyrrole nitrogens is 1. The van der Waals surface area contributed by atoms with Gasteiger partial charge in [-0.25, -0.2) is 32.3 Å². The van der Waals surface area contributed by atoms with Crippen molar-refractivity contribution in [3.05, 3.63) is 89.5 Å². The predicted molar refractivity (Wildman–Crippen MR) is 194 cm³/mol. The summed E-state index contributed by atoms with van der Waals surface area (Å²) in [6.07, 6.45) is -2.10. The molecule has 0 aliphatic carbocycles. The summed E-state index contributed by atoms with van der Waals surface area (Å²) >= 11 is 0. The molecule has 4 heterocycles. The lowest BCUT2D eigenvalue weighted by Crippen LogP contribution is -2.41. The Hall–Kier alpha value is -6.52. The van der Waals surface area contributed by atoms with Crippen LogP contribution in [0, 0.1) is 18.7 Å². The minimum atomic E-state index is -2.86. The van der Waals surface area contributed by atoms with Crippen LogP contribution in [0.3, 0.4) is 0 Å². The molecular weight excluding hydrogens is 723 g/mol. The highest BCUT2D eigenvalue weighted by molar-refractivity contribution is 6.23. The van der Waals surface area contributed by atoms with Gasteiger partial charge in [0, 0.05) is 17.4 Å². The zero-order valence-electron chi connectivity index (χ0n) is 29.8. The molecule has 4 amide bonds. The molecule has 5 aromatic rings. The number of amides is 4. The van der Waals surface area contributed by atoms with Gasteiger partial charge in [0.05, 0.1) is 41.5 Å². The summed E-state index contributed by atoms with van der Waals surface area (Å²) in [6, 6.07) is 13.0. The second kappa shape index (κ2) is 14.7. The van der Waals surface area contributed by atoms with Crippen molar-refractivity contribution < 1.29 is 46.6 Å². The third-order valence-electron chi connectivity index (χ3n) is 9.18. The molecule has 14 nitrogen and oxygen atoms in total. The van der Waals surface area contributed by atoms with Gasteiger partial charge in [-0.05, 0) is 73.4 Å². The number of anilines is 2. The number of urea groups is 1. The Morgan fingerprint density at radius 3 is 2.53 bits per heavy atom. The molecule has 2 atom stereocenters. The highest BCUT2D eigenvalue weighted by atomic mass is 19.3. The summed E-state index contributed by atoms with van der Waals surface area (Å²) < 4.78 is 58.4. The average Bonchev–Trinajstić information content (AvgIpc) is 3.90. The number of ether oxygens (including phenoxy) is 3. The Kier molecular flexibility index (Phi) is 9.85. The molecule has 2 saturated heterocycles. The van der Waals surface area contributed by atoms with E-state index in [0.29, 0.717) is 27.9 Å². The van der Waals surface area contributed by atoms with E-state index < -0.39 is 54.7 Å². The number of aromatic nitrogens is 3. The number of ketones is 1. The number of imide groups is 1. The summed E-state index contributed by atoms with van der Waals surface area (Å²) in [7, 11) is 0. The number of hydrogen-bond donors (Lipinski definition) is 3. The molecule has 286 valence electrons. The third kappa shape index (κ3) is 7.24. The number of alkyl halides is 2. The minimum Gasteiger partial charge on any atom is -0.485 e. The first-order valence-electron chi connectivity index (χ1n) is 17.4. The number of carbonyl (C=O) groups excluding carboxylic acids is 4. The van der Waals surface area contributed by atoms with Crippen molar-refractivity contribution in [2.45, 2.75) is 45.7 Å². The van der Waals surface area contributed by atoms with E-state index in [4.69, 9.17) is 19.9 Å². The quantitative estimate of drug-likeness (QED) is 0.0969. The lowest BCUT2D eigenvalue weighted by atomic mass is 10.1. The Morgan fingerprint density at radius 2 is 1.82 bits per heavy atom. The summed E-state index contributed by atoms with van der Waals surface area (Å²) in [5.41, 5.74) is 7.95. The fourth-order valence-electron chi connectivity index (χ4n) is 6.60. The van der Waals surface area contributed by atoms with E-state index >= 15 is 0 Å². The van der Waals surface area contributed by atoms with Gasteiger partial charge in [0.2, 0.25) is 5.78 Å². The topological polar surface area (TPSA) is 174 Å². The summed E-state index contributed by atoms with van der Waals surface area (Å²) in [5, 5.41) is 7.38. The molecule has 0 saturated carbocycles. The van der Waals surface area contributed by atoms with Crippen LogP contribution in [-0.2, 0) is 9.53 Å². The second-order valence-corrected chi connectivity index (χ2v) is 13.7. The fraction of sp³-hybridized carbons (Fsp3) is 0.289. The Morgan fingerprint density at radius 1 is 1.04 bits per heavy atom. The smallest absolute Gasteiger partial charge is 0.407 e. The maximum Gasteiger partial charge on any atom is 0.407 e. The molecule has 3 aromatic carbocycles. The van der Waals surface area contributed by atoms with Crippen molar-refractivity contribution in [3.63, 3.8) is 0 Å². The van der Waals surface area contributed by atoms with Crippen LogP contribution in [0.2, 0.25) is 0 Å². The number of alkyl carbamates (subject to hydrolysis) is 1. The maximum atomic E-state index is 14.1. The van der Waals surface area contributed by atoms with Crippen LogP contribution in [0.25, 0.3) is 16.6 Å². The van der Waals surface area contributed by atoms with Crippen LogP contribution >= 0.6 is 0 Å². The van der Waals surface area contributed by atoms with Gasteiger partial charge in [-0.3, -0.25) is 9.59 Å². The van der Waals surface area contributed by atoms with Crippen LogP contribution in [-0.4, -0.2) is 81.7 Å². The molecule has 0 radical (unpaired) electrons. The van der Waals surface area contributed by atoms with Gasteiger partial charge in [-0.1, -0.05) is 26.0 Å². The van der Waals surface area contributed by atoms with Crippen molar-refractivity contribution >= 4 is 46.2 Å². The summed E-state index contributed by atoms with van der Waals surface area (Å²) in [6.45, 7) is 4.76. The zero-order chi connectivity index (χ0) is 39.1. The van der Waals surface area contributed by atoms with Gasteiger partial charge in [-0.15, -0.1) is 0 Å². The van der Waals surface area contributed by atoms with E-state index in [1.807, 2.05) is 13.8 Å². The zero-order valence-corrected chi connectivity index (χ0v) is 29.8. The maximum absolute atomic E-state index is 14.1. The fourth-order valence-corrected chi connectivity index (χ4v) is 6.60. The van der Waals surface area contributed by atoms with Gasteiger partial charge in [0.1, 0.15) is 30.0 Å². The normalized spacial score (nSPS) is 16.7. The number of rotatable bonds is 12. The molecule has 55 heavy (non-hydrogen) atoms. The molecule has 4 N–H and O–H groups in total. The van der Waals surface area contributed by atoms with E-state index in [-0.39, 0.29) is 59.8 Å². The number of nitrogens with two attached hydrogens (primary N) is 1. The summed E-state index contributed by atoms with van der Waals surface area (Å²) in [4.78, 5) is 58.5. The number of fused-ring (bicyclic) bond motifs is 2. The number of carbonyl (C=O) groups is 4. The third-order valence-corrected chi connectivity index (χ3v) is 9.18. The number of aromatic amines is 1. The van der Waals surface area contributed by atoms with Gasteiger partial charge in [0.25, 0.3) is 12.3 Å². The molecule has 2 aromatic heterocycles. The van der Waals surface area contributed by atoms with E-state index in [1.54, 1.807) is 37.3 Å². The van der Waals surface area contributed by atoms with Crippen molar-refractivity contribution in [2.24, 2.45) is 5.92 Å². The lowest BCUT2D eigenvalue weighted by Gasteiger charge is -2.21. The van der Waals surface area contributed by atoms with Crippen molar-refractivity contribution in [1.82, 2.24) is 25.0 Å². The van der Waals surface area contributed by atoms with E-state index in [9.17, 15) is 32.3 Å². The largest absolute Gasteiger partial charge is 0.485 e. The van der Waals surface area contributed by atoms with E-state index in [1.165, 1.54) is 46.1 Å². The van der Waals surface area contributed by atoms with E-state index in [2.05, 4.69) is 15.4 Å². The standard InChI is InChI=1S/C38H36F3N7O7/c1-19(2)17-54-37(51)44-22-13-30-36(50)47(38(52)46(30)16-22)29-14-26-21(12-32(29)53-18-33(40)41)11-27(45-26)34(49)24-15-43-48(35(24)42)28-9-8-23(10-20(28)3)55-31-7-5-4-6-25(31)39/h4-12,14-15,19,22,30,33,45H,13,16-18,42H2,1-3H3,(H,44,51)/t22-,30-/m0/s1. The van der Waals surface area contributed by atoms with Crippen molar-refractivity contribution in [2.75, 3.05) is 30.4 Å². The van der Waals surface area contributed by atoms with E-state index in [0.717, 1.165) is 4.90 Å². The number of nitrogens with zero attached hydrogens (tertiary/aromatic N) is 4. The number of nitrogen functional groups attached to an aromatic ring is 1. The number of halogens is 3. The molecule has 17 heteroatoms. The molecule has 0 bridgehead atoms. The highest BCUT2D eigenvalue weighted by Gasteiger charge is 2.52. The van der Waals surface area contributed by atoms with Gasteiger partial charge in [0.15, 0.2) is 11.6 Å². The summed E-state index contributed by atoms with van der Waals surface area (Å²) in [5.74, 6) is -1.30. The molecular formula is C38H36F3N7O7. The minimum absolute atomic E-state index is 0.0194. The van der Waals surface area contributed by atoms with Gasteiger partial charge < -0.3 is 35.1 Å². The molecule has 0 spiro atoms. The van der Waals surface area contributed by atoms with Gasteiger partial charge >= 0.3 is 12.1 Å². The number of para-hydroxylation sites is 1. The molecule has 0 unspecified atom stereocenters. The van der Waals surface area contributed by atoms with Crippen LogP contribution in [0.1, 0.15) is 41.9 Å². The van der Waals surface area contributed by atoms with Gasteiger partial charge in [-0.2, -0.15) is 5.10 Å². The molecule has 2 aliphatic rings. The number of nitrogens with one attached hydrogen (secondary N) is 2. The first-order chi connectivity index (χ1) is 26.3. The molecule has 7 rings (SSSR count). The first-order valence-corrected chi connectivity index (χ1v) is 17.4. The number of hydrogen-bond acceptors (Lipinski definition) is 9. The molecule has 2 fully saturated rings. The Labute approximate surface area is 311 Å². The van der Waals surface area contributed by atoms with Crippen molar-refractivity contribution in [1.29, 1.82) is 0 Å². The number of benzene rings is 3. The molecule has 2 aliphatic heterocycles. The predicted octanol–water partition coefficient (Wildman–Crippen LogP) is 6.34. The van der Waals surface area contributed by atoms with Crippen LogP contribution in [0.15, 0.2) is 66.9 Å². The van der Waals surface area contributed by atoms with Crippen LogP contribution < -0.4 is 25.4 Å². The van der Waals surface area contributed by atoms with Crippen molar-refractivity contribution in [3.8, 4) is 22.9 Å². The average molecular weight is 760 g/mol. The van der Waals surface area contributed by atoms with Crippen LogP contribution in [0.5, 0.6) is 17.2 Å². The second-order valence-electron chi connectivity index (χ2n) is 13.7. The monoisotopic (exact) mass is 759 g/mol. The highest BCUT2D eigenvalue weighted by Crippen LogP contribution is 2.40. The SMILES string of the molecule is Cc1cc(Oc2ccccc2F)ccc1-n1ncc(C(=O)c2cc3cc(OCC(F)F)c(N4C(=O)[C@@H]5C[C@H](NC(=O)OCC(C)C)CN5C4=O)cc3[nH]2)c1N. The number of aryl methyl sites for hydroxylation is 1. The van der Waals surface area contributed by atoms with Crippen LogP contribution in [0.4, 0.5) is 34.3 Å². The lowest BCUT2D eigenvalue weighted by molar-refractivity contribution is -0.119. The Balaban J connectivity index is 1.13. The Bertz CT molecular complexity index is 2300. The first kappa shape index (κ1) is 36.8.